The fraction of sp³-hybridized carbons (Fsp3) is 0.571. The Morgan fingerprint density at radius 3 is 2.39 bits per heavy atom. The Bertz CT molecular complexity index is 439. The maximum absolute atomic E-state index is 13.0. The van der Waals surface area contributed by atoms with Crippen LogP contribution in [0.3, 0.4) is 0 Å². The van der Waals surface area contributed by atoms with E-state index in [2.05, 4.69) is 0 Å². The van der Waals surface area contributed by atoms with Gasteiger partial charge in [-0.2, -0.15) is 13.2 Å². The second-order valence-electron chi connectivity index (χ2n) is 5.32. The molecule has 2 rings (SSSR count). The van der Waals surface area contributed by atoms with E-state index >= 15 is 0 Å². The monoisotopic (exact) mass is 258 g/mol. The predicted molar refractivity (Wildman–Crippen MR) is 63.2 cm³/mol. The van der Waals surface area contributed by atoms with E-state index in [1.54, 1.807) is 12.1 Å². The fourth-order valence-electron chi connectivity index (χ4n) is 3.06. The predicted octanol–water partition coefficient (Wildman–Crippen LogP) is 3.61. The van der Waals surface area contributed by atoms with Crippen molar-refractivity contribution in [2.75, 3.05) is 6.61 Å². The third-order valence-corrected chi connectivity index (χ3v) is 4.14. The average molecular weight is 258 g/mol. The number of benzene rings is 1. The van der Waals surface area contributed by atoms with Crippen molar-refractivity contribution in [1.29, 1.82) is 0 Å². The third-order valence-electron chi connectivity index (χ3n) is 4.14. The van der Waals surface area contributed by atoms with Gasteiger partial charge >= 0.3 is 6.18 Å². The number of hydrogen-bond donors (Lipinski definition) is 1. The van der Waals surface area contributed by atoms with Gasteiger partial charge in [-0.15, -0.1) is 0 Å². The van der Waals surface area contributed by atoms with Crippen LogP contribution in [0, 0.1) is 11.8 Å². The summed E-state index contributed by atoms with van der Waals surface area (Å²) >= 11 is 0. The van der Waals surface area contributed by atoms with Crippen molar-refractivity contribution in [1.82, 2.24) is 0 Å². The zero-order valence-corrected chi connectivity index (χ0v) is 10.5. The Balaban J connectivity index is 2.52. The number of halogens is 3. The molecule has 2 atom stereocenters. The minimum Gasteiger partial charge on any atom is -0.396 e. The molecule has 0 spiro atoms. The first-order valence-electron chi connectivity index (χ1n) is 6.11. The van der Waals surface area contributed by atoms with E-state index in [9.17, 15) is 18.3 Å². The van der Waals surface area contributed by atoms with Crippen molar-refractivity contribution in [2.45, 2.75) is 31.9 Å². The number of aliphatic hydroxyl groups excluding tert-OH is 1. The molecule has 18 heavy (non-hydrogen) atoms. The van der Waals surface area contributed by atoms with E-state index in [0.717, 1.165) is 6.07 Å². The van der Waals surface area contributed by atoms with Crippen molar-refractivity contribution in [3.8, 4) is 0 Å². The van der Waals surface area contributed by atoms with Crippen molar-refractivity contribution in [3.63, 3.8) is 0 Å². The summed E-state index contributed by atoms with van der Waals surface area (Å²) < 4.78 is 39.1. The topological polar surface area (TPSA) is 20.2 Å². The van der Waals surface area contributed by atoms with Gasteiger partial charge in [0.15, 0.2) is 0 Å². The smallest absolute Gasteiger partial charge is 0.396 e. The van der Waals surface area contributed by atoms with E-state index in [1.807, 2.05) is 13.8 Å². The zero-order valence-electron chi connectivity index (χ0n) is 10.5. The summed E-state index contributed by atoms with van der Waals surface area (Å²) in [6.45, 7) is 3.79. The second kappa shape index (κ2) is 4.26. The molecular formula is C14H17F3O. The van der Waals surface area contributed by atoms with Gasteiger partial charge in [-0.3, -0.25) is 0 Å². The Labute approximate surface area is 105 Å². The summed E-state index contributed by atoms with van der Waals surface area (Å²) in [5.74, 6) is 0.0270. The molecule has 0 saturated heterocycles. The first-order chi connectivity index (χ1) is 8.34. The Morgan fingerprint density at radius 2 is 1.94 bits per heavy atom. The lowest BCUT2D eigenvalue weighted by Crippen LogP contribution is -2.24. The molecule has 1 aromatic carbocycles. The van der Waals surface area contributed by atoms with Gasteiger partial charge in [-0.25, -0.2) is 0 Å². The normalized spacial score (nSPS) is 27.6. The van der Waals surface area contributed by atoms with Gasteiger partial charge in [-0.1, -0.05) is 32.0 Å². The second-order valence-corrected chi connectivity index (χ2v) is 5.32. The molecule has 100 valence electrons. The quantitative estimate of drug-likeness (QED) is 0.878. The van der Waals surface area contributed by atoms with E-state index in [1.165, 1.54) is 6.07 Å². The summed E-state index contributed by atoms with van der Waals surface area (Å²) in [7, 11) is 0. The first kappa shape index (κ1) is 13.4. The molecule has 1 fully saturated rings. The SMILES string of the molecule is CC(C)C1(c2ccccc2C(F)(F)F)CC1CO. The number of alkyl halides is 3. The lowest BCUT2D eigenvalue weighted by atomic mass is 9.80. The van der Waals surface area contributed by atoms with Crippen LogP contribution in [0.4, 0.5) is 13.2 Å². The zero-order chi connectivity index (χ0) is 13.6. The molecule has 0 amide bonds. The van der Waals surface area contributed by atoms with Gasteiger partial charge < -0.3 is 5.11 Å². The lowest BCUT2D eigenvalue weighted by molar-refractivity contribution is -0.138. The molecule has 4 heteroatoms. The molecule has 0 aliphatic heterocycles. The highest BCUT2D eigenvalue weighted by atomic mass is 19.4. The highest BCUT2D eigenvalue weighted by molar-refractivity contribution is 5.42. The highest BCUT2D eigenvalue weighted by Crippen LogP contribution is 2.60. The molecule has 0 radical (unpaired) electrons. The molecule has 1 N–H and O–H groups in total. The summed E-state index contributed by atoms with van der Waals surface area (Å²) in [5, 5.41) is 9.26. The summed E-state index contributed by atoms with van der Waals surface area (Å²) in [6.07, 6.45) is -3.70. The Kier molecular flexibility index (Phi) is 3.18. The van der Waals surface area contributed by atoms with Crippen molar-refractivity contribution >= 4 is 0 Å². The van der Waals surface area contributed by atoms with Crippen molar-refractivity contribution in [2.24, 2.45) is 11.8 Å². The van der Waals surface area contributed by atoms with E-state index in [4.69, 9.17) is 0 Å². The minimum absolute atomic E-state index is 0.0512. The molecule has 2 unspecified atom stereocenters. The van der Waals surface area contributed by atoms with E-state index in [0.29, 0.717) is 12.0 Å². The Morgan fingerprint density at radius 1 is 1.33 bits per heavy atom. The first-order valence-corrected chi connectivity index (χ1v) is 6.11. The largest absolute Gasteiger partial charge is 0.416 e. The van der Waals surface area contributed by atoms with Crippen LogP contribution in [-0.4, -0.2) is 11.7 Å². The maximum Gasteiger partial charge on any atom is 0.416 e. The van der Waals surface area contributed by atoms with Crippen LogP contribution in [0.25, 0.3) is 0 Å². The number of rotatable bonds is 3. The van der Waals surface area contributed by atoms with Gasteiger partial charge in [0.25, 0.3) is 0 Å². The molecule has 1 saturated carbocycles. The Hall–Kier alpha value is -1.03. The fourth-order valence-corrected chi connectivity index (χ4v) is 3.06. The van der Waals surface area contributed by atoms with Crippen LogP contribution in [0.15, 0.2) is 24.3 Å². The van der Waals surface area contributed by atoms with Crippen LogP contribution < -0.4 is 0 Å². The van der Waals surface area contributed by atoms with E-state index < -0.39 is 17.2 Å². The minimum atomic E-state index is -4.33. The molecule has 1 aliphatic rings. The molecule has 0 heterocycles. The summed E-state index contributed by atoms with van der Waals surface area (Å²) in [6, 6.07) is 5.74. The summed E-state index contributed by atoms with van der Waals surface area (Å²) in [4.78, 5) is 0. The van der Waals surface area contributed by atoms with Crippen LogP contribution in [0.1, 0.15) is 31.4 Å². The van der Waals surface area contributed by atoms with Gasteiger partial charge in [-0.05, 0) is 29.9 Å². The lowest BCUT2D eigenvalue weighted by Gasteiger charge is -2.26. The van der Waals surface area contributed by atoms with Crippen LogP contribution in [0.5, 0.6) is 0 Å². The molecular weight excluding hydrogens is 241 g/mol. The van der Waals surface area contributed by atoms with Gasteiger partial charge in [0.2, 0.25) is 0 Å². The molecule has 1 aliphatic carbocycles. The van der Waals surface area contributed by atoms with Gasteiger partial charge in [0.05, 0.1) is 5.56 Å². The summed E-state index contributed by atoms with van der Waals surface area (Å²) in [5.41, 5.74) is -0.734. The maximum atomic E-state index is 13.0. The van der Waals surface area contributed by atoms with Crippen molar-refractivity contribution in [3.05, 3.63) is 35.4 Å². The third kappa shape index (κ3) is 1.92. The average Bonchev–Trinajstić information content (AvgIpc) is 3.03. The van der Waals surface area contributed by atoms with Crippen LogP contribution >= 0.6 is 0 Å². The molecule has 0 bridgehead atoms. The highest BCUT2D eigenvalue weighted by Gasteiger charge is 2.58. The number of aliphatic hydroxyl groups is 1. The molecule has 0 aromatic heterocycles. The van der Waals surface area contributed by atoms with E-state index in [-0.39, 0.29) is 18.4 Å². The van der Waals surface area contributed by atoms with Gasteiger partial charge in [0.1, 0.15) is 0 Å². The molecule has 1 nitrogen and oxygen atoms in total. The molecule has 1 aromatic rings. The standard InChI is InChI=1S/C14H17F3O/c1-9(2)13(7-10(13)8-18)11-5-3-4-6-12(11)14(15,16)17/h3-6,9-10,18H,7-8H2,1-2H3. The number of hydrogen-bond acceptors (Lipinski definition) is 1. The van der Waals surface area contributed by atoms with Crippen LogP contribution in [-0.2, 0) is 11.6 Å². The van der Waals surface area contributed by atoms with Crippen LogP contribution in [0.2, 0.25) is 0 Å². The van der Waals surface area contributed by atoms with Crippen molar-refractivity contribution < 1.29 is 18.3 Å². The van der Waals surface area contributed by atoms with Gasteiger partial charge in [0, 0.05) is 12.0 Å².